The third-order valence-corrected chi connectivity index (χ3v) is 2.71. The summed E-state index contributed by atoms with van der Waals surface area (Å²) in [4.78, 5) is 11.6. The molecule has 0 aliphatic rings. The van der Waals surface area contributed by atoms with Crippen LogP contribution in [0.15, 0.2) is 18.2 Å². The first-order valence-corrected chi connectivity index (χ1v) is 6.06. The Balaban J connectivity index is 2.75. The number of carbonyl (C=O) groups is 1. The predicted molar refractivity (Wildman–Crippen MR) is 67.2 cm³/mol. The minimum Gasteiger partial charge on any atom is -0.462 e. The predicted octanol–water partition coefficient (Wildman–Crippen LogP) is 2.49. The maximum atomic E-state index is 11.6. The van der Waals surface area contributed by atoms with Gasteiger partial charge >= 0.3 is 5.97 Å². The van der Waals surface area contributed by atoms with Gasteiger partial charge in [0.25, 0.3) is 0 Å². The second kappa shape index (κ2) is 7.07. The van der Waals surface area contributed by atoms with Crippen molar-refractivity contribution in [3.63, 3.8) is 0 Å². The van der Waals surface area contributed by atoms with Crippen molar-refractivity contribution < 1.29 is 14.6 Å². The normalized spacial score (nSPS) is 10.3. The molecule has 1 aromatic carbocycles. The van der Waals surface area contributed by atoms with Crippen LogP contribution in [0.5, 0.6) is 0 Å². The maximum Gasteiger partial charge on any atom is 0.338 e. The Hall–Kier alpha value is -1.35. The summed E-state index contributed by atoms with van der Waals surface area (Å²) in [5.74, 6) is -0.268. The summed E-state index contributed by atoms with van der Waals surface area (Å²) in [6.45, 7) is 4.45. The molecule has 3 heteroatoms. The molecule has 0 saturated heterocycles. The lowest BCUT2D eigenvalue weighted by Crippen LogP contribution is -2.05. The fourth-order valence-corrected chi connectivity index (χ4v) is 1.71. The fourth-order valence-electron chi connectivity index (χ4n) is 1.71. The molecule has 1 rings (SSSR count). The van der Waals surface area contributed by atoms with E-state index >= 15 is 0 Å². The van der Waals surface area contributed by atoms with Gasteiger partial charge in [-0.1, -0.05) is 6.07 Å². The standard InChI is InChI=1S/C14H20O3/c1-3-17-14(16)13-8-7-11(2)12(10-13)6-4-5-9-15/h7-8,10,15H,3-6,9H2,1-2H3. The van der Waals surface area contributed by atoms with Gasteiger partial charge in [-0.05, 0) is 56.4 Å². The smallest absolute Gasteiger partial charge is 0.338 e. The minimum atomic E-state index is -0.268. The van der Waals surface area contributed by atoms with E-state index in [9.17, 15) is 4.79 Å². The highest BCUT2D eigenvalue weighted by molar-refractivity contribution is 5.89. The molecule has 0 radical (unpaired) electrons. The Labute approximate surface area is 102 Å². The second-order valence-corrected chi connectivity index (χ2v) is 4.04. The second-order valence-electron chi connectivity index (χ2n) is 4.04. The molecule has 0 aliphatic heterocycles. The highest BCUT2D eigenvalue weighted by atomic mass is 16.5. The van der Waals surface area contributed by atoms with Crippen molar-refractivity contribution in [1.82, 2.24) is 0 Å². The van der Waals surface area contributed by atoms with Crippen molar-refractivity contribution in [2.24, 2.45) is 0 Å². The summed E-state index contributed by atoms with van der Waals surface area (Å²) in [5, 5.41) is 8.75. The molecule has 1 aromatic rings. The summed E-state index contributed by atoms with van der Waals surface area (Å²) in [5.41, 5.74) is 2.94. The first kappa shape index (κ1) is 13.7. The molecular formula is C14H20O3. The molecule has 0 saturated carbocycles. The van der Waals surface area contributed by atoms with Crippen LogP contribution in [0.2, 0.25) is 0 Å². The number of esters is 1. The zero-order chi connectivity index (χ0) is 12.7. The van der Waals surface area contributed by atoms with Gasteiger partial charge in [-0.2, -0.15) is 0 Å². The van der Waals surface area contributed by atoms with Gasteiger partial charge in [0.2, 0.25) is 0 Å². The first-order valence-electron chi connectivity index (χ1n) is 6.06. The minimum absolute atomic E-state index is 0.219. The average molecular weight is 236 g/mol. The molecule has 3 nitrogen and oxygen atoms in total. The van der Waals surface area contributed by atoms with Crippen LogP contribution in [-0.4, -0.2) is 24.3 Å². The first-order chi connectivity index (χ1) is 8.19. The van der Waals surface area contributed by atoms with Crippen molar-refractivity contribution in [3.05, 3.63) is 34.9 Å². The number of rotatable bonds is 6. The molecule has 0 amide bonds. The number of ether oxygens (including phenoxy) is 1. The summed E-state index contributed by atoms with van der Waals surface area (Å²) in [6, 6.07) is 5.63. The SMILES string of the molecule is CCOC(=O)c1ccc(C)c(CCCCO)c1. The maximum absolute atomic E-state index is 11.6. The fraction of sp³-hybridized carbons (Fsp3) is 0.500. The van der Waals surface area contributed by atoms with Crippen molar-refractivity contribution in [3.8, 4) is 0 Å². The summed E-state index contributed by atoms with van der Waals surface area (Å²) in [6.07, 6.45) is 2.62. The van der Waals surface area contributed by atoms with Gasteiger partial charge in [-0.3, -0.25) is 0 Å². The van der Waals surface area contributed by atoms with Crippen molar-refractivity contribution in [1.29, 1.82) is 0 Å². The van der Waals surface area contributed by atoms with E-state index < -0.39 is 0 Å². The van der Waals surface area contributed by atoms with Crippen molar-refractivity contribution in [2.75, 3.05) is 13.2 Å². The van der Waals surface area contributed by atoms with Gasteiger partial charge in [-0.25, -0.2) is 4.79 Å². The van der Waals surface area contributed by atoms with Gasteiger partial charge in [0.05, 0.1) is 12.2 Å². The van der Waals surface area contributed by atoms with Crippen LogP contribution in [0.1, 0.15) is 41.3 Å². The molecule has 0 spiro atoms. The lowest BCUT2D eigenvalue weighted by atomic mass is 10.00. The van der Waals surface area contributed by atoms with Crippen LogP contribution in [-0.2, 0) is 11.2 Å². The molecule has 1 N–H and O–H groups in total. The van der Waals surface area contributed by atoms with E-state index in [0.717, 1.165) is 24.8 Å². The quantitative estimate of drug-likeness (QED) is 0.609. The summed E-state index contributed by atoms with van der Waals surface area (Å²) < 4.78 is 4.97. The molecular weight excluding hydrogens is 216 g/mol. The number of aliphatic hydroxyl groups excluding tert-OH is 1. The average Bonchev–Trinajstić information content (AvgIpc) is 2.32. The van der Waals surface area contributed by atoms with Crippen LogP contribution < -0.4 is 0 Å². The van der Waals surface area contributed by atoms with Crippen LogP contribution in [0.25, 0.3) is 0 Å². The largest absolute Gasteiger partial charge is 0.462 e. The van der Waals surface area contributed by atoms with E-state index in [0.29, 0.717) is 12.2 Å². The van der Waals surface area contributed by atoms with Crippen LogP contribution >= 0.6 is 0 Å². The van der Waals surface area contributed by atoms with Gasteiger partial charge in [0.1, 0.15) is 0 Å². The van der Waals surface area contributed by atoms with E-state index in [4.69, 9.17) is 9.84 Å². The van der Waals surface area contributed by atoms with E-state index in [1.54, 1.807) is 13.0 Å². The van der Waals surface area contributed by atoms with Crippen molar-refractivity contribution in [2.45, 2.75) is 33.1 Å². The number of aliphatic hydroxyl groups is 1. The van der Waals surface area contributed by atoms with Gasteiger partial charge in [0, 0.05) is 6.61 Å². The van der Waals surface area contributed by atoms with Crippen LogP contribution in [0.4, 0.5) is 0 Å². The molecule has 94 valence electrons. The number of hydrogen-bond acceptors (Lipinski definition) is 3. The molecule has 17 heavy (non-hydrogen) atoms. The Bertz CT molecular complexity index is 372. The zero-order valence-electron chi connectivity index (χ0n) is 10.5. The number of aryl methyl sites for hydroxylation is 2. The highest BCUT2D eigenvalue weighted by Gasteiger charge is 2.08. The van der Waals surface area contributed by atoms with Gasteiger partial charge in [0.15, 0.2) is 0 Å². The zero-order valence-corrected chi connectivity index (χ0v) is 10.5. The van der Waals surface area contributed by atoms with Gasteiger partial charge < -0.3 is 9.84 Å². The Morgan fingerprint density at radius 3 is 2.76 bits per heavy atom. The molecule has 0 aliphatic carbocycles. The molecule has 0 aromatic heterocycles. The Morgan fingerprint density at radius 1 is 1.35 bits per heavy atom. The monoisotopic (exact) mass is 236 g/mol. The third kappa shape index (κ3) is 4.19. The Kier molecular flexibility index (Phi) is 5.70. The third-order valence-electron chi connectivity index (χ3n) is 2.71. The van der Waals surface area contributed by atoms with Crippen molar-refractivity contribution >= 4 is 5.97 Å². The number of benzene rings is 1. The molecule has 0 atom stereocenters. The van der Waals surface area contributed by atoms with E-state index in [1.807, 2.05) is 19.1 Å². The van der Waals surface area contributed by atoms with E-state index in [1.165, 1.54) is 5.56 Å². The number of hydrogen-bond donors (Lipinski definition) is 1. The van der Waals surface area contributed by atoms with Crippen LogP contribution in [0.3, 0.4) is 0 Å². The highest BCUT2D eigenvalue weighted by Crippen LogP contribution is 2.15. The molecule has 0 fully saturated rings. The molecule has 0 heterocycles. The topological polar surface area (TPSA) is 46.5 Å². The van der Waals surface area contributed by atoms with E-state index in [-0.39, 0.29) is 12.6 Å². The molecule has 0 bridgehead atoms. The number of unbranched alkanes of at least 4 members (excludes halogenated alkanes) is 1. The van der Waals surface area contributed by atoms with Crippen LogP contribution in [0, 0.1) is 6.92 Å². The number of carbonyl (C=O) groups excluding carboxylic acids is 1. The lowest BCUT2D eigenvalue weighted by molar-refractivity contribution is 0.0526. The molecule has 0 unspecified atom stereocenters. The Morgan fingerprint density at radius 2 is 2.12 bits per heavy atom. The summed E-state index contributed by atoms with van der Waals surface area (Å²) >= 11 is 0. The lowest BCUT2D eigenvalue weighted by Gasteiger charge is -2.08. The summed E-state index contributed by atoms with van der Waals surface area (Å²) in [7, 11) is 0. The van der Waals surface area contributed by atoms with Gasteiger partial charge in [-0.15, -0.1) is 0 Å². The van der Waals surface area contributed by atoms with E-state index in [2.05, 4.69) is 0 Å².